The molecule has 0 heterocycles. The van der Waals surface area contributed by atoms with Crippen LogP contribution in [0.4, 0.5) is 0 Å². The van der Waals surface area contributed by atoms with Gasteiger partial charge in [0.2, 0.25) is 10.0 Å². The molecule has 0 spiro atoms. The van der Waals surface area contributed by atoms with Gasteiger partial charge in [0.15, 0.2) is 0 Å². The van der Waals surface area contributed by atoms with Crippen molar-refractivity contribution in [1.29, 1.82) is 0 Å². The molecule has 2 N–H and O–H groups in total. The number of aryl methyl sites for hydroxylation is 1. The summed E-state index contributed by atoms with van der Waals surface area (Å²) in [5, 5.41) is 9.24. The number of halogens is 1. The minimum Gasteiger partial charge on any atom is -0.478 e. The molecule has 1 atom stereocenters. The molecule has 0 fully saturated rings. The maximum Gasteiger partial charge on any atom is 0.335 e. The molecule has 120 valence electrons. The molecule has 0 unspecified atom stereocenters. The number of carboxylic acids is 1. The van der Waals surface area contributed by atoms with E-state index in [1.807, 2.05) is 0 Å². The molecule has 7 heteroatoms. The average molecular weight is 352 g/mol. The molecule has 0 saturated heterocycles. The number of fused-ring (bicyclic) bond motifs is 1. The van der Waals surface area contributed by atoms with Crippen molar-refractivity contribution < 1.29 is 18.3 Å². The SMILES string of the molecule is O=C(O)c1ccc2c(c1)[C@H](NS(=O)(=O)c1ccccc1Cl)CC2. The molecule has 1 aliphatic carbocycles. The third kappa shape index (κ3) is 3.10. The Bertz CT molecular complexity index is 879. The van der Waals surface area contributed by atoms with Gasteiger partial charge in [-0.25, -0.2) is 17.9 Å². The number of sulfonamides is 1. The van der Waals surface area contributed by atoms with Gasteiger partial charge in [0.25, 0.3) is 0 Å². The number of rotatable bonds is 4. The zero-order valence-electron chi connectivity index (χ0n) is 12.0. The highest BCUT2D eigenvalue weighted by Gasteiger charge is 2.29. The summed E-state index contributed by atoms with van der Waals surface area (Å²) in [7, 11) is -3.78. The molecule has 2 aromatic rings. The third-order valence-electron chi connectivity index (χ3n) is 3.89. The summed E-state index contributed by atoms with van der Waals surface area (Å²) < 4.78 is 27.7. The van der Waals surface area contributed by atoms with Crippen molar-refractivity contribution in [1.82, 2.24) is 4.72 Å². The predicted octanol–water partition coefficient (Wildman–Crippen LogP) is 3.00. The van der Waals surface area contributed by atoms with E-state index in [-0.39, 0.29) is 15.5 Å². The van der Waals surface area contributed by atoms with Crippen molar-refractivity contribution >= 4 is 27.6 Å². The van der Waals surface area contributed by atoms with Crippen LogP contribution in [0.25, 0.3) is 0 Å². The van der Waals surface area contributed by atoms with Gasteiger partial charge in [0.05, 0.1) is 10.6 Å². The second kappa shape index (κ2) is 5.96. The minimum atomic E-state index is -3.78. The summed E-state index contributed by atoms with van der Waals surface area (Å²) in [4.78, 5) is 11.1. The maximum absolute atomic E-state index is 12.5. The lowest BCUT2D eigenvalue weighted by molar-refractivity contribution is 0.0696. The molecule has 0 radical (unpaired) electrons. The van der Waals surface area contributed by atoms with Crippen LogP contribution in [0.15, 0.2) is 47.4 Å². The Balaban J connectivity index is 1.93. The fraction of sp³-hybridized carbons (Fsp3) is 0.188. The largest absolute Gasteiger partial charge is 0.478 e. The number of carbonyl (C=O) groups is 1. The number of carboxylic acid groups (broad SMARTS) is 1. The maximum atomic E-state index is 12.5. The first-order valence-corrected chi connectivity index (χ1v) is 8.87. The molecule has 0 aromatic heterocycles. The molecular weight excluding hydrogens is 338 g/mol. The molecule has 3 rings (SSSR count). The Morgan fingerprint density at radius 2 is 1.96 bits per heavy atom. The van der Waals surface area contributed by atoms with Gasteiger partial charge >= 0.3 is 5.97 Å². The molecule has 0 saturated carbocycles. The quantitative estimate of drug-likeness (QED) is 0.886. The summed E-state index contributed by atoms with van der Waals surface area (Å²) in [6.07, 6.45) is 1.28. The zero-order chi connectivity index (χ0) is 16.6. The topological polar surface area (TPSA) is 83.5 Å². The van der Waals surface area contributed by atoms with Gasteiger partial charge < -0.3 is 5.11 Å². The highest BCUT2D eigenvalue weighted by molar-refractivity contribution is 7.89. The van der Waals surface area contributed by atoms with E-state index < -0.39 is 22.0 Å². The van der Waals surface area contributed by atoms with Gasteiger partial charge in [-0.05, 0) is 48.2 Å². The van der Waals surface area contributed by atoms with Gasteiger partial charge in [-0.1, -0.05) is 29.8 Å². The van der Waals surface area contributed by atoms with Crippen molar-refractivity contribution in [2.24, 2.45) is 0 Å². The molecule has 2 aromatic carbocycles. The van der Waals surface area contributed by atoms with Crippen molar-refractivity contribution in [3.63, 3.8) is 0 Å². The Labute approximate surface area is 139 Å². The standard InChI is InChI=1S/C16H14ClNO4S/c17-13-3-1-2-4-15(13)23(21,22)18-14-8-7-10-5-6-11(16(19)20)9-12(10)14/h1-6,9,14,18H,7-8H2,(H,19,20)/t14-/m1/s1. The van der Waals surface area contributed by atoms with Gasteiger partial charge in [-0.2, -0.15) is 0 Å². The summed E-state index contributed by atoms with van der Waals surface area (Å²) in [6.45, 7) is 0. The van der Waals surface area contributed by atoms with Gasteiger partial charge in [-0.3, -0.25) is 0 Å². The first-order chi connectivity index (χ1) is 10.9. The number of benzene rings is 2. The number of aromatic carboxylic acids is 1. The van der Waals surface area contributed by atoms with Crippen LogP contribution >= 0.6 is 11.6 Å². The van der Waals surface area contributed by atoms with Gasteiger partial charge in [0.1, 0.15) is 4.90 Å². The summed E-state index contributed by atoms with van der Waals surface area (Å²) in [5.74, 6) is -1.03. The summed E-state index contributed by atoms with van der Waals surface area (Å²) in [5.41, 5.74) is 1.81. The highest BCUT2D eigenvalue weighted by Crippen LogP contribution is 2.33. The van der Waals surface area contributed by atoms with Gasteiger partial charge in [-0.15, -0.1) is 0 Å². The highest BCUT2D eigenvalue weighted by atomic mass is 35.5. The van der Waals surface area contributed by atoms with Crippen LogP contribution in [-0.2, 0) is 16.4 Å². The van der Waals surface area contributed by atoms with E-state index >= 15 is 0 Å². The minimum absolute atomic E-state index is 0.0181. The van der Waals surface area contributed by atoms with E-state index in [0.717, 1.165) is 5.56 Å². The molecular formula is C16H14ClNO4S. The normalized spacial score (nSPS) is 17.0. The molecule has 1 aliphatic rings. The van der Waals surface area contributed by atoms with E-state index in [1.54, 1.807) is 18.2 Å². The van der Waals surface area contributed by atoms with E-state index in [2.05, 4.69) is 4.72 Å². The van der Waals surface area contributed by atoms with Crippen molar-refractivity contribution in [2.45, 2.75) is 23.8 Å². The van der Waals surface area contributed by atoms with Crippen LogP contribution < -0.4 is 4.72 Å². The predicted molar refractivity (Wildman–Crippen MR) is 86.2 cm³/mol. The molecule has 0 bridgehead atoms. The third-order valence-corrected chi connectivity index (χ3v) is 5.87. The molecule has 5 nitrogen and oxygen atoms in total. The Kier molecular flexibility index (Phi) is 4.14. The fourth-order valence-electron chi connectivity index (χ4n) is 2.77. The second-order valence-corrected chi connectivity index (χ2v) is 7.45. The number of hydrogen-bond acceptors (Lipinski definition) is 3. The Morgan fingerprint density at radius 3 is 2.65 bits per heavy atom. The lowest BCUT2D eigenvalue weighted by Gasteiger charge is -2.15. The van der Waals surface area contributed by atoms with Crippen LogP contribution in [0.2, 0.25) is 5.02 Å². The summed E-state index contributed by atoms with van der Waals surface area (Å²) in [6, 6.07) is 10.6. The molecule has 0 amide bonds. The Morgan fingerprint density at radius 1 is 1.22 bits per heavy atom. The summed E-state index contributed by atoms with van der Waals surface area (Å²) >= 11 is 5.96. The van der Waals surface area contributed by atoms with Crippen LogP contribution in [-0.4, -0.2) is 19.5 Å². The second-order valence-electron chi connectivity index (χ2n) is 5.36. The fourth-order valence-corrected chi connectivity index (χ4v) is 4.54. The lowest BCUT2D eigenvalue weighted by atomic mass is 10.0. The van der Waals surface area contributed by atoms with E-state index in [0.29, 0.717) is 18.4 Å². The molecule has 23 heavy (non-hydrogen) atoms. The van der Waals surface area contributed by atoms with E-state index in [9.17, 15) is 13.2 Å². The van der Waals surface area contributed by atoms with Crippen LogP contribution in [0.5, 0.6) is 0 Å². The van der Waals surface area contributed by atoms with Crippen molar-refractivity contribution in [3.8, 4) is 0 Å². The first kappa shape index (κ1) is 16.0. The lowest BCUT2D eigenvalue weighted by Crippen LogP contribution is -2.27. The number of hydrogen-bond donors (Lipinski definition) is 2. The van der Waals surface area contributed by atoms with Crippen LogP contribution in [0, 0.1) is 0 Å². The van der Waals surface area contributed by atoms with E-state index in [4.69, 9.17) is 16.7 Å². The van der Waals surface area contributed by atoms with Crippen LogP contribution in [0.3, 0.4) is 0 Å². The Hall–Kier alpha value is -1.89. The molecule has 0 aliphatic heterocycles. The van der Waals surface area contributed by atoms with E-state index in [1.165, 1.54) is 24.3 Å². The average Bonchev–Trinajstić information content (AvgIpc) is 2.89. The number of nitrogens with one attached hydrogen (secondary N) is 1. The van der Waals surface area contributed by atoms with Crippen molar-refractivity contribution in [3.05, 3.63) is 64.2 Å². The first-order valence-electron chi connectivity index (χ1n) is 7.01. The zero-order valence-corrected chi connectivity index (χ0v) is 13.6. The van der Waals surface area contributed by atoms with Crippen LogP contribution in [0.1, 0.15) is 33.9 Å². The monoisotopic (exact) mass is 351 g/mol. The van der Waals surface area contributed by atoms with Crippen molar-refractivity contribution in [2.75, 3.05) is 0 Å². The van der Waals surface area contributed by atoms with Gasteiger partial charge in [0, 0.05) is 6.04 Å². The smallest absolute Gasteiger partial charge is 0.335 e.